The number of hydrogen-bond acceptors (Lipinski definition) is 4. The third-order valence-corrected chi connectivity index (χ3v) is 3.13. The molecule has 1 aromatic carbocycles. The van der Waals surface area contributed by atoms with Gasteiger partial charge in [-0.05, 0) is 29.8 Å². The van der Waals surface area contributed by atoms with Gasteiger partial charge in [-0.2, -0.15) is 15.1 Å². The molecule has 0 fully saturated rings. The third kappa shape index (κ3) is 2.39. The van der Waals surface area contributed by atoms with Crippen LogP contribution in [0.1, 0.15) is 0 Å². The lowest BCUT2D eigenvalue weighted by atomic mass is 10.3. The van der Waals surface area contributed by atoms with Gasteiger partial charge in [0, 0.05) is 4.47 Å². The summed E-state index contributed by atoms with van der Waals surface area (Å²) in [5.74, 6) is -0.00432. The fourth-order valence-electron chi connectivity index (χ4n) is 1.62. The Balaban J connectivity index is 2.10. The number of H-pyrrole nitrogens is 1. The number of anilines is 2. The van der Waals surface area contributed by atoms with Crippen LogP contribution in [0.25, 0.3) is 11.0 Å². The molecule has 0 aliphatic rings. The molecule has 0 spiro atoms. The van der Waals surface area contributed by atoms with Crippen molar-refractivity contribution in [2.45, 2.75) is 0 Å². The summed E-state index contributed by atoms with van der Waals surface area (Å²) in [6.45, 7) is 0. The van der Waals surface area contributed by atoms with Gasteiger partial charge in [-0.1, -0.05) is 15.9 Å². The lowest BCUT2D eigenvalue weighted by molar-refractivity contribution is 0.631. The van der Waals surface area contributed by atoms with E-state index >= 15 is 0 Å². The maximum Gasteiger partial charge on any atom is 0.226 e. The fourth-order valence-corrected chi connectivity index (χ4v) is 2.15. The van der Waals surface area contributed by atoms with Crippen LogP contribution in [-0.4, -0.2) is 20.2 Å². The molecule has 0 aliphatic carbocycles. The third-order valence-electron chi connectivity index (χ3n) is 2.46. The zero-order chi connectivity index (χ0) is 13.4. The Morgan fingerprint density at radius 1 is 1.32 bits per heavy atom. The fraction of sp³-hybridized carbons (Fsp3) is 0. The normalized spacial score (nSPS) is 10.9. The summed E-state index contributed by atoms with van der Waals surface area (Å²) in [7, 11) is 0. The van der Waals surface area contributed by atoms with Crippen molar-refractivity contribution < 1.29 is 4.39 Å². The van der Waals surface area contributed by atoms with Crippen LogP contribution in [-0.2, 0) is 0 Å². The van der Waals surface area contributed by atoms with Crippen molar-refractivity contribution in [1.82, 2.24) is 20.2 Å². The first kappa shape index (κ1) is 12.3. The van der Waals surface area contributed by atoms with Gasteiger partial charge in [0.25, 0.3) is 0 Å². The van der Waals surface area contributed by atoms with Crippen molar-refractivity contribution in [3.63, 3.8) is 0 Å². The first-order chi connectivity index (χ1) is 9.13. The van der Waals surface area contributed by atoms with E-state index < -0.39 is 5.82 Å². The van der Waals surface area contributed by atoms with E-state index in [-0.39, 0.29) is 11.0 Å². The number of halogens is 3. The van der Waals surface area contributed by atoms with E-state index in [1.165, 1.54) is 6.07 Å². The van der Waals surface area contributed by atoms with Crippen LogP contribution >= 0.6 is 27.5 Å². The Morgan fingerprint density at radius 3 is 3.00 bits per heavy atom. The summed E-state index contributed by atoms with van der Waals surface area (Å²) >= 11 is 9.09. The van der Waals surface area contributed by atoms with Crippen molar-refractivity contribution in [3.8, 4) is 0 Å². The number of aromatic amines is 1. The van der Waals surface area contributed by atoms with Gasteiger partial charge in [0.15, 0.2) is 5.65 Å². The maximum absolute atomic E-state index is 13.7. The summed E-state index contributed by atoms with van der Waals surface area (Å²) in [5, 5.41) is 10.1. The van der Waals surface area contributed by atoms with Crippen LogP contribution in [0.3, 0.4) is 0 Å². The monoisotopic (exact) mass is 341 g/mol. The highest BCUT2D eigenvalue weighted by molar-refractivity contribution is 9.10. The van der Waals surface area contributed by atoms with Crippen LogP contribution < -0.4 is 5.32 Å². The molecule has 96 valence electrons. The average Bonchev–Trinajstić information content (AvgIpc) is 2.82. The van der Waals surface area contributed by atoms with Crippen molar-refractivity contribution in [1.29, 1.82) is 0 Å². The minimum atomic E-state index is -0.394. The van der Waals surface area contributed by atoms with Gasteiger partial charge in [0.1, 0.15) is 11.6 Å². The van der Waals surface area contributed by atoms with Gasteiger partial charge in [0.05, 0.1) is 17.3 Å². The summed E-state index contributed by atoms with van der Waals surface area (Å²) in [4.78, 5) is 8.01. The average molecular weight is 343 g/mol. The predicted octanol–water partition coefficient (Wildman–Crippen LogP) is 3.65. The van der Waals surface area contributed by atoms with Gasteiger partial charge >= 0.3 is 0 Å². The van der Waals surface area contributed by atoms with Crippen LogP contribution in [0.2, 0.25) is 5.28 Å². The zero-order valence-corrected chi connectivity index (χ0v) is 11.6. The summed E-state index contributed by atoms with van der Waals surface area (Å²) in [6, 6.07) is 4.57. The van der Waals surface area contributed by atoms with E-state index in [9.17, 15) is 4.39 Å². The van der Waals surface area contributed by atoms with Gasteiger partial charge in [-0.25, -0.2) is 4.39 Å². The van der Waals surface area contributed by atoms with E-state index in [2.05, 4.69) is 41.4 Å². The number of hydrogen-bond donors (Lipinski definition) is 2. The molecular formula is C11H6BrClFN5. The van der Waals surface area contributed by atoms with Crippen molar-refractivity contribution >= 4 is 50.1 Å². The Bertz CT molecular complexity index is 760. The Labute approximate surface area is 120 Å². The summed E-state index contributed by atoms with van der Waals surface area (Å²) in [6.07, 6.45) is 1.55. The number of rotatable bonds is 2. The van der Waals surface area contributed by atoms with E-state index in [1.807, 2.05) is 0 Å². The molecule has 0 radical (unpaired) electrons. The molecule has 0 bridgehead atoms. The topological polar surface area (TPSA) is 66.5 Å². The lowest BCUT2D eigenvalue weighted by Gasteiger charge is -2.08. The largest absolute Gasteiger partial charge is 0.337 e. The Morgan fingerprint density at radius 2 is 2.16 bits per heavy atom. The second kappa shape index (κ2) is 4.75. The first-order valence-electron chi connectivity index (χ1n) is 5.22. The second-order valence-corrected chi connectivity index (χ2v) is 4.98. The molecule has 0 unspecified atom stereocenters. The van der Waals surface area contributed by atoms with E-state index in [1.54, 1.807) is 18.3 Å². The van der Waals surface area contributed by atoms with Crippen molar-refractivity contribution in [2.24, 2.45) is 0 Å². The molecule has 0 atom stereocenters. The lowest BCUT2D eigenvalue weighted by Crippen LogP contribution is -1.98. The van der Waals surface area contributed by atoms with E-state index in [0.717, 1.165) is 4.47 Å². The van der Waals surface area contributed by atoms with Crippen LogP contribution in [0.5, 0.6) is 0 Å². The predicted molar refractivity (Wildman–Crippen MR) is 74.1 cm³/mol. The van der Waals surface area contributed by atoms with Gasteiger partial charge in [-0.3, -0.25) is 5.10 Å². The van der Waals surface area contributed by atoms with Crippen LogP contribution in [0.15, 0.2) is 28.9 Å². The van der Waals surface area contributed by atoms with Gasteiger partial charge < -0.3 is 5.32 Å². The quantitative estimate of drug-likeness (QED) is 0.698. The molecule has 8 heteroatoms. The molecule has 2 N–H and O–H groups in total. The second-order valence-electron chi connectivity index (χ2n) is 3.72. The zero-order valence-electron chi connectivity index (χ0n) is 9.28. The highest BCUT2D eigenvalue weighted by atomic mass is 79.9. The minimum absolute atomic E-state index is 0.0506. The molecule has 2 aromatic heterocycles. The highest BCUT2D eigenvalue weighted by Gasteiger charge is 2.11. The highest BCUT2D eigenvalue weighted by Crippen LogP contribution is 2.27. The van der Waals surface area contributed by atoms with E-state index in [0.29, 0.717) is 16.9 Å². The Hall–Kier alpha value is -1.73. The number of benzene rings is 1. The molecule has 0 saturated heterocycles. The van der Waals surface area contributed by atoms with Crippen LogP contribution in [0, 0.1) is 5.82 Å². The maximum atomic E-state index is 13.7. The number of aromatic nitrogens is 4. The molecule has 2 heterocycles. The van der Waals surface area contributed by atoms with Gasteiger partial charge in [0.2, 0.25) is 5.28 Å². The van der Waals surface area contributed by atoms with E-state index in [4.69, 9.17) is 11.6 Å². The number of fused-ring (bicyclic) bond motifs is 1. The first-order valence-corrected chi connectivity index (χ1v) is 6.39. The van der Waals surface area contributed by atoms with Crippen molar-refractivity contribution in [2.75, 3.05) is 5.32 Å². The summed E-state index contributed by atoms with van der Waals surface area (Å²) < 4.78 is 14.4. The molecule has 3 rings (SSSR count). The smallest absolute Gasteiger partial charge is 0.226 e. The number of nitrogens with one attached hydrogen (secondary N) is 2. The Kier molecular flexibility index (Phi) is 3.08. The molecule has 0 saturated carbocycles. The SMILES string of the molecule is Fc1ccc(Br)cc1Nc1nc(Cl)nc2[nH]ncc12. The molecule has 19 heavy (non-hydrogen) atoms. The summed E-state index contributed by atoms with van der Waals surface area (Å²) in [5.41, 5.74) is 0.768. The van der Waals surface area contributed by atoms with Crippen molar-refractivity contribution in [3.05, 3.63) is 40.0 Å². The molecule has 0 amide bonds. The minimum Gasteiger partial charge on any atom is -0.337 e. The molecular weight excluding hydrogens is 337 g/mol. The molecule has 0 aliphatic heterocycles. The molecule has 5 nitrogen and oxygen atoms in total. The number of nitrogens with zero attached hydrogens (tertiary/aromatic N) is 3. The van der Waals surface area contributed by atoms with Gasteiger partial charge in [-0.15, -0.1) is 0 Å². The molecule has 3 aromatic rings. The standard InChI is InChI=1S/C11H6BrClFN5/c12-5-1-2-7(14)8(3-5)16-9-6-4-15-19-10(6)18-11(13)17-9/h1-4H,(H2,15,16,17,18,19). The van der Waals surface area contributed by atoms with Crippen LogP contribution in [0.4, 0.5) is 15.9 Å².